The number of amides is 2. The second-order valence-electron chi connectivity index (χ2n) is 6.07. The molecule has 0 saturated carbocycles. The summed E-state index contributed by atoms with van der Waals surface area (Å²) < 4.78 is 0. The normalized spacial score (nSPS) is 19.8. The molecule has 1 saturated heterocycles. The molecule has 0 bridgehead atoms. The van der Waals surface area contributed by atoms with Crippen molar-refractivity contribution < 1.29 is 19.5 Å². The lowest BCUT2D eigenvalue weighted by atomic mass is 10.1. The fraction of sp³-hybridized carbons (Fsp3) is 0.471. The van der Waals surface area contributed by atoms with Gasteiger partial charge >= 0.3 is 5.97 Å². The quantitative estimate of drug-likeness (QED) is 0.917. The number of carbonyl (C=O) groups is 3. The smallest absolute Gasteiger partial charge is 0.308 e. The van der Waals surface area contributed by atoms with E-state index in [0.29, 0.717) is 31.5 Å². The molecule has 2 amide bonds. The molecule has 6 nitrogen and oxygen atoms in total. The van der Waals surface area contributed by atoms with Gasteiger partial charge in [-0.25, -0.2) is 0 Å². The van der Waals surface area contributed by atoms with Gasteiger partial charge < -0.3 is 14.9 Å². The fourth-order valence-electron chi connectivity index (χ4n) is 3.31. The molecule has 2 aliphatic heterocycles. The number of fused-ring (bicyclic) bond motifs is 1. The lowest BCUT2D eigenvalue weighted by Gasteiger charge is -2.18. The van der Waals surface area contributed by atoms with Gasteiger partial charge in [-0.2, -0.15) is 0 Å². The molecule has 1 N–H and O–H groups in total. The highest BCUT2D eigenvalue weighted by Crippen LogP contribution is 2.30. The highest BCUT2D eigenvalue weighted by molar-refractivity contribution is 5.98. The third-order valence-corrected chi connectivity index (χ3v) is 4.65. The number of hydrogen-bond acceptors (Lipinski definition) is 3. The molecule has 3 rings (SSSR count). The number of nitrogens with zero attached hydrogens (tertiary/aromatic N) is 2. The molecule has 0 spiro atoms. The van der Waals surface area contributed by atoms with Crippen molar-refractivity contribution in [1.82, 2.24) is 4.90 Å². The number of rotatable bonds is 3. The summed E-state index contributed by atoms with van der Waals surface area (Å²) in [6.07, 6.45) is 1.72. The first kappa shape index (κ1) is 15.5. The summed E-state index contributed by atoms with van der Waals surface area (Å²) in [5, 5.41) is 9.04. The van der Waals surface area contributed by atoms with Crippen molar-refractivity contribution in [2.45, 2.75) is 26.2 Å². The molecule has 0 aromatic heterocycles. The molecule has 1 aromatic carbocycles. The van der Waals surface area contributed by atoms with Crippen LogP contribution in [0.25, 0.3) is 0 Å². The minimum Gasteiger partial charge on any atom is -0.481 e. The zero-order chi connectivity index (χ0) is 16.6. The average Bonchev–Trinajstić information content (AvgIpc) is 3.19. The van der Waals surface area contributed by atoms with E-state index in [1.54, 1.807) is 15.9 Å². The van der Waals surface area contributed by atoms with Crippen molar-refractivity contribution in [3.8, 4) is 0 Å². The number of carbonyl (C=O) groups excluding carboxylic acids is 2. The van der Waals surface area contributed by atoms with E-state index in [0.717, 1.165) is 17.7 Å². The van der Waals surface area contributed by atoms with Gasteiger partial charge in [0.15, 0.2) is 0 Å². The minimum absolute atomic E-state index is 0.0895. The third kappa shape index (κ3) is 2.81. The van der Waals surface area contributed by atoms with Gasteiger partial charge in [-0.1, -0.05) is 6.92 Å². The first-order valence-corrected chi connectivity index (χ1v) is 7.96. The molecule has 1 aromatic rings. The Morgan fingerprint density at radius 3 is 2.70 bits per heavy atom. The van der Waals surface area contributed by atoms with Crippen LogP contribution in [-0.4, -0.2) is 47.4 Å². The van der Waals surface area contributed by atoms with Crippen LogP contribution < -0.4 is 4.90 Å². The zero-order valence-corrected chi connectivity index (χ0v) is 13.1. The summed E-state index contributed by atoms with van der Waals surface area (Å²) in [5.74, 6) is -1.35. The Kier molecular flexibility index (Phi) is 4.07. The molecule has 0 radical (unpaired) electrons. The van der Waals surface area contributed by atoms with Crippen molar-refractivity contribution >= 4 is 23.5 Å². The minimum atomic E-state index is -0.844. The van der Waals surface area contributed by atoms with E-state index in [-0.39, 0.29) is 18.4 Å². The van der Waals surface area contributed by atoms with E-state index in [2.05, 4.69) is 0 Å². The molecule has 23 heavy (non-hydrogen) atoms. The van der Waals surface area contributed by atoms with Crippen molar-refractivity contribution in [2.24, 2.45) is 5.92 Å². The summed E-state index contributed by atoms with van der Waals surface area (Å²) in [4.78, 5) is 38.8. The first-order chi connectivity index (χ1) is 11.0. The molecular formula is C17H20N2O4. The second-order valence-corrected chi connectivity index (χ2v) is 6.07. The molecule has 2 aliphatic rings. The van der Waals surface area contributed by atoms with Crippen molar-refractivity contribution in [1.29, 1.82) is 0 Å². The molecule has 1 atom stereocenters. The van der Waals surface area contributed by atoms with Crippen molar-refractivity contribution in [3.63, 3.8) is 0 Å². The number of hydrogen-bond donors (Lipinski definition) is 1. The predicted molar refractivity (Wildman–Crippen MR) is 84.4 cm³/mol. The molecule has 0 unspecified atom stereocenters. The van der Waals surface area contributed by atoms with Crippen LogP contribution in [0.15, 0.2) is 18.2 Å². The largest absolute Gasteiger partial charge is 0.481 e. The van der Waals surface area contributed by atoms with E-state index in [4.69, 9.17) is 5.11 Å². The third-order valence-electron chi connectivity index (χ3n) is 4.65. The summed E-state index contributed by atoms with van der Waals surface area (Å²) in [5.41, 5.74) is 2.46. The number of carboxylic acid groups (broad SMARTS) is 1. The number of benzene rings is 1. The Balaban J connectivity index is 1.77. The zero-order valence-electron chi connectivity index (χ0n) is 13.1. The predicted octanol–water partition coefficient (Wildman–Crippen LogP) is 1.53. The Morgan fingerprint density at radius 1 is 1.26 bits per heavy atom. The maximum absolute atomic E-state index is 12.5. The van der Waals surface area contributed by atoms with E-state index in [1.807, 2.05) is 19.1 Å². The van der Waals surface area contributed by atoms with Crippen LogP contribution in [0, 0.1) is 5.92 Å². The monoisotopic (exact) mass is 316 g/mol. The molecule has 6 heteroatoms. The Bertz CT molecular complexity index is 671. The van der Waals surface area contributed by atoms with E-state index in [9.17, 15) is 14.4 Å². The van der Waals surface area contributed by atoms with Gasteiger partial charge in [0.2, 0.25) is 5.91 Å². The van der Waals surface area contributed by atoms with Crippen LogP contribution >= 0.6 is 0 Å². The summed E-state index contributed by atoms with van der Waals surface area (Å²) in [6, 6.07) is 5.40. The topological polar surface area (TPSA) is 77.9 Å². The van der Waals surface area contributed by atoms with Crippen LogP contribution in [0.2, 0.25) is 0 Å². The van der Waals surface area contributed by atoms with Crippen LogP contribution in [0.5, 0.6) is 0 Å². The molecular weight excluding hydrogens is 296 g/mol. The molecule has 2 heterocycles. The average molecular weight is 316 g/mol. The SMILES string of the molecule is CCC(=O)N1CCc2cc(C(=O)N3CC[C@H](C(=O)O)C3)ccc21. The Hall–Kier alpha value is -2.37. The van der Waals surface area contributed by atoms with Gasteiger partial charge in [0.1, 0.15) is 0 Å². The van der Waals surface area contributed by atoms with Gasteiger partial charge in [-0.05, 0) is 36.6 Å². The van der Waals surface area contributed by atoms with E-state index < -0.39 is 11.9 Å². The van der Waals surface area contributed by atoms with Gasteiger partial charge in [0.05, 0.1) is 5.92 Å². The molecule has 122 valence electrons. The summed E-state index contributed by atoms with van der Waals surface area (Å²) in [7, 11) is 0. The number of anilines is 1. The van der Waals surface area contributed by atoms with Crippen molar-refractivity contribution in [3.05, 3.63) is 29.3 Å². The number of likely N-dealkylation sites (tertiary alicyclic amines) is 1. The molecule has 0 aliphatic carbocycles. The van der Waals surface area contributed by atoms with Gasteiger partial charge in [0, 0.05) is 37.3 Å². The highest BCUT2D eigenvalue weighted by atomic mass is 16.4. The van der Waals surface area contributed by atoms with Gasteiger partial charge in [-0.15, -0.1) is 0 Å². The fourth-order valence-corrected chi connectivity index (χ4v) is 3.31. The standard InChI is InChI=1S/C17H20N2O4/c1-2-15(20)19-8-6-11-9-12(3-4-14(11)19)16(21)18-7-5-13(10-18)17(22)23/h3-4,9,13H,2,5-8,10H2,1H3,(H,22,23)/t13-/m0/s1. The van der Waals surface area contributed by atoms with Crippen LogP contribution in [0.1, 0.15) is 35.7 Å². The van der Waals surface area contributed by atoms with E-state index in [1.165, 1.54) is 0 Å². The van der Waals surface area contributed by atoms with Gasteiger partial charge in [-0.3, -0.25) is 14.4 Å². The van der Waals surface area contributed by atoms with Crippen molar-refractivity contribution in [2.75, 3.05) is 24.5 Å². The summed E-state index contributed by atoms with van der Waals surface area (Å²) in [6.45, 7) is 3.24. The van der Waals surface area contributed by atoms with Crippen LogP contribution in [0.3, 0.4) is 0 Å². The van der Waals surface area contributed by atoms with Crippen LogP contribution in [-0.2, 0) is 16.0 Å². The Labute approximate surface area is 134 Å². The van der Waals surface area contributed by atoms with Crippen LogP contribution in [0.4, 0.5) is 5.69 Å². The maximum Gasteiger partial charge on any atom is 0.308 e. The Morgan fingerprint density at radius 2 is 2.04 bits per heavy atom. The first-order valence-electron chi connectivity index (χ1n) is 7.96. The number of aliphatic carboxylic acids is 1. The molecule has 1 fully saturated rings. The second kappa shape index (κ2) is 6.02. The lowest BCUT2D eigenvalue weighted by molar-refractivity contribution is -0.141. The summed E-state index contributed by atoms with van der Waals surface area (Å²) >= 11 is 0. The highest BCUT2D eigenvalue weighted by Gasteiger charge is 2.32. The number of carboxylic acids is 1. The lowest BCUT2D eigenvalue weighted by Crippen LogP contribution is -2.30. The van der Waals surface area contributed by atoms with E-state index >= 15 is 0 Å². The maximum atomic E-state index is 12.5. The van der Waals surface area contributed by atoms with Gasteiger partial charge in [0.25, 0.3) is 5.91 Å².